The molecule has 1 aliphatic heterocycles. The highest BCUT2D eigenvalue weighted by molar-refractivity contribution is 6.01. The summed E-state index contributed by atoms with van der Waals surface area (Å²) in [6, 6.07) is 8.07. The van der Waals surface area contributed by atoms with Crippen molar-refractivity contribution in [1.82, 2.24) is 4.90 Å². The predicted molar refractivity (Wildman–Crippen MR) is 84.9 cm³/mol. The van der Waals surface area contributed by atoms with Crippen LogP contribution < -0.4 is 4.90 Å². The maximum Gasteiger partial charge on any atom is 0.264 e. The Morgan fingerprint density at radius 2 is 2.00 bits per heavy atom. The summed E-state index contributed by atoms with van der Waals surface area (Å²) in [4.78, 5) is 15.7. The van der Waals surface area contributed by atoms with Crippen LogP contribution in [0.4, 0.5) is 5.69 Å². The van der Waals surface area contributed by atoms with Gasteiger partial charge in [-0.3, -0.25) is 4.79 Å². The van der Waals surface area contributed by atoms with Crippen LogP contribution in [0.15, 0.2) is 23.8 Å². The molecule has 1 saturated heterocycles. The molecule has 0 bridgehead atoms. The van der Waals surface area contributed by atoms with Crippen molar-refractivity contribution in [2.75, 3.05) is 32.1 Å². The summed E-state index contributed by atoms with van der Waals surface area (Å²) in [6.45, 7) is 4.29. The lowest BCUT2D eigenvalue weighted by molar-refractivity contribution is -0.124. The standard InChI is InChI=1S/C17H21N3O/c1-13-10-14(11-15(12-18)17(21)19(2)3)6-7-16(13)20-8-4-5-9-20/h6-7,10-11H,4-5,8-9H2,1-3H3/b15-11+. The van der Waals surface area contributed by atoms with Gasteiger partial charge in [0.25, 0.3) is 5.91 Å². The fraction of sp³-hybridized carbons (Fsp3) is 0.412. The van der Waals surface area contributed by atoms with E-state index >= 15 is 0 Å². The number of rotatable bonds is 3. The molecule has 1 amide bonds. The van der Waals surface area contributed by atoms with E-state index in [9.17, 15) is 4.79 Å². The molecule has 0 atom stereocenters. The molecule has 0 aliphatic carbocycles. The molecule has 1 fully saturated rings. The van der Waals surface area contributed by atoms with E-state index in [4.69, 9.17) is 5.26 Å². The number of likely N-dealkylation sites (N-methyl/N-ethyl adjacent to an activating group) is 1. The molecule has 110 valence electrons. The number of hydrogen-bond donors (Lipinski definition) is 0. The smallest absolute Gasteiger partial charge is 0.264 e. The van der Waals surface area contributed by atoms with E-state index in [1.807, 2.05) is 18.2 Å². The van der Waals surface area contributed by atoms with Gasteiger partial charge in [0.1, 0.15) is 11.6 Å². The zero-order valence-electron chi connectivity index (χ0n) is 12.9. The lowest BCUT2D eigenvalue weighted by Gasteiger charge is -2.20. The Kier molecular flexibility index (Phi) is 4.64. The van der Waals surface area contributed by atoms with Gasteiger partial charge in [0.05, 0.1) is 0 Å². The monoisotopic (exact) mass is 283 g/mol. The van der Waals surface area contributed by atoms with Crippen molar-refractivity contribution in [2.45, 2.75) is 19.8 Å². The van der Waals surface area contributed by atoms with Gasteiger partial charge in [-0.1, -0.05) is 6.07 Å². The number of anilines is 1. The molecule has 0 aromatic heterocycles. The van der Waals surface area contributed by atoms with E-state index in [1.165, 1.54) is 29.0 Å². The van der Waals surface area contributed by atoms with Crippen molar-refractivity contribution in [3.8, 4) is 6.07 Å². The van der Waals surface area contributed by atoms with Gasteiger partial charge in [0.2, 0.25) is 0 Å². The van der Waals surface area contributed by atoms with E-state index in [1.54, 1.807) is 20.2 Å². The highest BCUT2D eigenvalue weighted by atomic mass is 16.2. The number of benzene rings is 1. The zero-order chi connectivity index (χ0) is 15.4. The molecule has 21 heavy (non-hydrogen) atoms. The molecule has 1 aromatic rings. The molecule has 0 saturated carbocycles. The quantitative estimate of drug-likeness (QED) is 0.633. The van der Waals surface area contributed by atoms with Crippen LogP contribution >= 0.6 is 0 Å². The van der Waals surface area contributed by atoms with E-state index < -0.39 is 0 Å². The molecule has 0 spiro atoms. The number of carbonyl (C=O) groups excluding carboxylic acids is 1. The second kappa shape index (κ2) is 6.45. The summed E-state index contributed by atoms with van der Waals surface area (Å²) in [5.74, 6) is -0.265. The van der Waals surface area contributed by atoms with E-state index in [-0.39, 0.29) is 11.5 Å². The molecule has 1 aliphatic rings. The van der Waals surface area contributed by atoms with Crippen LogP contribution in [0, 0.1) is 18.3 Å². The molecule has 1 heterocycles. The van der Waals surface area contributed by atoms with Gasteiger partial charge in [-0.15, -0.1) is 0 Å². The number of amides is 1. The minimum Gasteiger partial charge on any atom is -0.371 e. The maximum absolute atomic E-state index is 11.9. The fourth-order valence-corrected chi connectivity index (χ4v) is 2.63. The molecule has 0 unspecified atom stereocenters. The third kappa shape index (κ3) is 3.43. The van der Waals surface area contributed by atoms with Gasteiger partial charge < -0.3 is 9.80 Å². The van der Waals surface area contributed by atoms with Crippen LogP contribution in [0.2, 0.25) is 0 Å². The number of nitrogens with zero attached hydrogens (tertiary/aromatic N) is 3. The molecule has 4 nitrogen and oxygen atoms in total. The van der Waals surface area contributed by atoms with Crippen LogP contribution in [0.5, 0.6) is 0 Å². The second-order valence-electron chi connectivity index (χ2n) is 5.61. The minimum atomic E-state index is -0.265. The topological polar surface area (TPSA) is 47.3 Å². The van der Waals surface area contributed by atoms with Crippen LogP contribution in [-0.4, -0.2) is 38.0 Å². The van der Waals surface area contributed by atoms with Crippen LogP contribution in [0.3, 0.4) is 0 Å². The van der Waals surface area contributed by atoms with Crippen LogP contribution in [0.1, 0.15) is 24.0 Å². The Bertz CT molecular complexity index is 605. The van der Waals surface area contributed by atoms with Crippen molar-refractivity contribution < 1.29 is 4.79 Å². The summed E-state index contributed by atoms with van der Waals surface area (Å²) in [5.41, 5.74) is 3.48. The van der Waals surface area contributed by atoms with Gasteiger partial charge in [0.15, 0.2) is 0 Å². The van der Waals surface area contributed by atoms with Crippen molar-refractivity contribution in [3.63, 3.8) is 0 Å². The molecule has 0 N–H and O–H groups in total. The van der Waals surface area contributed by atoms with E-state index in [2.05, 4.69) is 17.9 Å². The highest BCUT2D eigenvalue weighted by Gasteiger charge is 2.15. The Morgan fingerprint density at radius 1 is 1.33 bits per heavy atom. The summed E-state index contributed by atoms with van der Waals surface area (Å²) >= 11 is 0. The van der Waals surface area contributed by atoms with Gasteiger partial charge in [0, 0.05) is 32.9 Å². The normalized spacial score (nSPS) is 15.0. The van der Waals surface area contributed by atoms with E-state index in [0.29, 0.717) is 0 Å². The Morgan fingerprint density at radius 3 is 2.52 bits per heavy atom. The van der Waals surface area contributed by atoms with Crippen LogP contribution in [0.25, 0.3) is 6.08 Å². The number of nitriles is 1. The number of carbonyl (C=O) groups is 1. The molecule has 2 rings (SSSR count). The van der Waals surface area contributed by atoms with Gasteiger partial charge in [-0.2, -0.15) is 5.26 Å². The van der Waals surface area contributed by atoms with Crippen molar-refractivity contribution >= 4 is 17.7 Å². The summed E-state index contributed by atoms with van der Waals surface area (Å²) in [7, 11) is 3.30. The lowest BCUT2D eigenvalue weighted by Crippen LogP contribution is -2.22. The Balaban J connectivity index is 2.27. The Labute approximate surface area is 126 Å². The first kappa shape index (κ1) is 15.1. The third-order valence-corrected chi connectivity index (χ3v) is 3.74. The number of hydrogen-bond acceptors (Lipinski definition) is 3. The predicted octanol–water partition coefficient (Wildman–Crippen LogP) is 2.59. The molecular weight excluding hydrogens is 262 g/mol. The largest absolute Gasteiger partial charge is 0.371 e. The number of aryl methyl sites for hydroxylation is 1. The SMILES string of the molecule is Cc1cc(/C=C(\C#N)C(=O)N(C)C)ccc1N1CCCC1. The summed E-state index contributed by atoms with van der Waals surface area (Å²) < 4.78 is 0. The van der Waals surface area contributed by atoms with E-state index in [0.717, 1.165) is 18.7 Å². The average molecular weight is 283 g/mol. The molecule has 1 aromatic carbocycles. The molecule has 0 radical (unpaired) electrons. The van der Waals surface area contributed by atoms with Gasteiger partial charge in [-0.05, 0) is 49.1 Å². The zero-order valence-corrected chi connectivity index (χ0v) is 12.9. The second-order valence-corrected chi connectivity index (χ2v) is 5.61. The fourth-order valence-electron chi connectivity index (χ4n) is 2.63. The third-order valence-electron chi connectivity index (χ3n) is 3.74. The summed E-state index contributed by atoms with van der Waals surface area (Å²) in [5, 5.41) is 9.13. The minimum absolute atomic E-state index is 0.160. The summed E-state index contributed by atoms with van der Waals surface area (Å²) in [6.07, 6.45) is 4.15. The average Bonchev–Trinajstić information content (AvgIpc) is 2.98. The van der Waals surface area contributed by atoms with Crippen LogP contribution in [-0.2, 0) is 4.79 Å². The first-order valence-electron chi connectivity index (χ1n) is 7.22. The lowest BCUT2D eigenvalue weighted by atomic mass is 10.1. The molecule has 4 heteroatoms. The van der Waals surface area contributed by atoms with Gasteiger partial charge in [-0.25, -0.2) is 0 Å². The maximum atomic E-state index is 11.9. The highest BCUT2D eigenvalue weighted by Crippen LogP contribution is 2.25. The van der Waals surface area contributed by atoms with Crippen molar-refractivity contribution in [1.29, 1.82) is 5.26 Å². The Hall–Kier alpha value is -2.28. The molecular formula is C17H21N3O. The van der Waals surface area contributed by atoms with Crippen molar-refractivity contribution in [3.05, 3.63) is 34.9 Å². The first-order chi connectivity index (χ1) is 10.0. The first-order valence-corrected chi connectivity index (χ1v) is 7.22. The van der Waals surface area contributed by atoms with Gasteiger partial charge >= 0.3 is 0 Å². The van der Waals surface area contributed by atoms with Crippen molar-refractivity contribution in [2.24, 2.45) is 0 Å².